The van der Waals surface area contributed by atoms with Crippen molar-refractivity contribution in [3.63, 3.8) is 0 Å². The van der Waals surface area contributed by atoms with Crippen molar-refractivity contribution in [3.8, 4) is 0 Å². The summed E-state index contributed by atoms with van der Waals surface area (Å²) in [7, 11) is 0. The molecule has 0 fully saturated rings. The zero-order chi connectivity index (χ0) is 25.3. The van der Waals surface area contributed by atoms with E-state index in [2.05, 4.69) is 20.4 Å². The van der Waals surface area contributed by atoms with Gasteiger partial charge in [0.15, 0.2) is 5.78 Å². The summed E-state index contributed by atoms with van der Waals surface area (Å²) >= 11 is 1.47. The van der Waals surface area contributed by atoms with E-state index in [9.17, 15) is 9.18 Å². The lowest BCUT2D eigenvalue weighted by molar-refractivity contribution is 0.0809. The number of ether oxygens (including phenoxy) is 1. The first-order valence-electron chi connectivity index (χ1n) is 12.1. The molecule has 1 heterocycles. The van der Waals surface area contributed by atoms with Crippen molar-refractivity contribution in [2.24, 2.45) is 5.41 Å². The quantitative estimate of drug-likeness (QED) is 0.354. The summed E-state index contributed by atoms with van der Waals surface area (Å²) in [6.07, 6.45) is 5.82. The molecule has 5 heteroatoms. The smallest absolute Gasteiger partial charge is 0.170 e. The van der Waals surface area contributed by atoms with E-state index >= 15 is 0 Å². The van der Waals surface area contributed by atoms with E-state index < -0.39 is 0 Å². The van der Waals surface area contributed by atoms with Crippen molar-refractivity contribution in [2.45, 2.75) is 67.2 Å². The number of hydrogen-bond acceptors (Lipinski definition) is 4. The average molecular weight is 484 g/mol. The van der Waals surface area contributed by atoms with Crippen molar-refractivity contribution in [1.29, 1.82) is 0 Å². The topological polar surface area (TPSA) is 39.2 Å². The van der Waals surface area contributed by atoms with Crippen LogP contribution in [-0.2, 0) is 11.2 Å². The summed E-state index contributed by atoms with van der Waals surface area (Å²) in [4.78, 5) is 19.0. The molecule has 184 valence electrons. The second-order valence-electron chi connectivity index (χ2n) is 9.21. The number of thioether (sulfide) groups is 1. The van der Waals surface area contributed by atoms with Crippen molar-refractivity contribution in [3.05, 3.63) is 76.9 Å². The highest BCUT2D eigenvalue weighted by atomic mass is 32.2. The van der Waals surface area contributed by atoms with E-state index in [-0.39, 0.29) is 17.0 Å². The number of carbonyl (C=O) groups is 1. The maximum Gasteiger partial charge on any atom is 0.170 e. The Hall–Kier alpha value is -2.24. The molecule has 3 rings (SSSR count). The molecule has 0 N–H and O–H groups in total. The average Bonchev–Trinajstić information content (AvgIpc) is 2.80. The van der Waals surface area contributed by atoms with Crippen LogP contribution in [0.4, 0.5) is 4.39 Å². The number of fused-ring (bicyclic) bond motifs is 1. The van der Waals surface area contributed by atoms with Gasteiger partial charge in [-0.15, -0.1) is 0 Å². The van der Waals surface area contributed by atoms with Gasteiger partial charge < -0.3 is 4.74 Å². The van der Waals surface area contributed by atoms with Crippen molar-refractivity contribution < 1.29 is 13.9 Å². The summed E-state index contributed by atoms with van der Waals surface area (Å²) < 4.78 is 18.9. The number of aryl methyl sites for hydroxylation is 2. The molecule has 2 aromatic rings. The van der Waals surface area contributed by atoms with Crippen LogP contribution in [0.1, 0.15) is 86.8 Å². The Morgan fingerprint density at radius 2 is 1.88 bits per heavy atom. The van der Waals surface area contributed by atoms with E-state index in [0.29, 0.717) is 0 Å². The fourth-order valence-electron chi connectivity index (χ4n) is 3.70. The van der Waals surface area contributed by atoms with Gasteiger partial charge in [0.05, 0.1) is 11.4 Å². The number of rotatable bonds is 8. The normalized spacial score (nSPS) is 14.8. The van der Waals surface area contributed by atoms with Gasteiger partial charge >= 0.3 is 0 Å². The van der Waals surface area contributed by atoms with E-state index in [1.54, 1.807) is 0 Å². The van der Waals surface area contributed by atoms with Crippen LogP contribution in [0.3, 0.4) is 0 Å². The lowest BCUT2D eigenvalue weighted by Gasteiger charge is -2.29. The first kappa shape index (κ1) is 28.0. The van der Waals surface area contributed by atoms with Gasteiger partial charge in [-0.1, -0.05) is 58.2 Å². The molecule has 0 saturated carbocycles. The van der Waals surface area contributed by atoms with Crippen LogP contribution in [0.5, 0.6) is 0 Å². The molecule has 1 aliphatic carbocycles. The molecule has 1 aromatic heterocycles. The van der Waals surface area contributed by atoms with E-state index in [1.807, 2.05) is 52.0 Å². The van der Waals surface area contributed by atoms with Crippen LogP contribution in [0.25, 0.3) is 9.81 Å². The number of hydrogen-bond donors (Lipinski definition) is 0. The Bertz CT molecular complexity index is 1020. The molecule has 0 radical (unpaired) electrons. The van der Waals surface area contributed by atoms with Gasteiger partial charge in [-0.25, -0.2) is 4.39 Å². The predicted molar refractivity (Wildman–Crippen MR) is 143 cm³/mol. The monoisotopic (exact) mass is 483 g/mol. The van der Waals surface area contributed by atoms with Gasteiger partial charge in [0.2, 0.25) is 0 Å². The number of halogens is 1. The zero-order valence-corrected chi connectivity index (χ0v) is 22.3. The fraction of sp³-hybridized carbons (Fsp3) is 0.448. The lowest BCUT2D eigenvalue weighted by Crippen LogP contribution is -2.31. The highest BCUT2D eigenvalue weighted by Gasteiger charge is 2.34. The maximum absolute atomic E-state index is 13.8. The molecular weight excluding hydrogens is 445 g/mol. The van der Waals surface area contributed by atoms with Gasteiger partial charge in [-0.2, -0.15) is 0 Å². The number of carbonyl (C=O) groups excluding carboxylic acids is 1. The largest absolute Gasteiger partial charge is 0.381 e. The zero-order valence-electron chi connectivity index (χ0n) is 21.5. The number of pyridine rings is 1. The second kappa shape index (κ2) is 13.0. The Morgan fingerprint density at radius 1 is 1.21 bits per heavy atom. The van der Waals surface area contributed by atoms with Crippen LogP contribution < -0.4 is 0 Å². The molecule has 1 aliphatic rings. The van der Waals surface area contributed by atoms with E-state index in [1.165, 1.54) is 23.9 Å². The minimum Gasteiger partial charge on any atom is -0.381 e. The number of Topliss-reactive ketones (excluding diaryl/α,β-unsaturated/α-hetero) is 1. The van der Waals surface area contributed by atoms with E-state index in [0.717, 1.165) is 76.8 Å². The SMILES string of the molecule is C=C(S/C(=C\C)c1cc(C)cc(F)c1)c1ccc2c(n1)CCC(C)(C)C2=O.CCCOCCC. The summed E-state index contributed by atoms with van der Waals surface area (Å²) in [6, 6.07) is 8.73. The van der Waals surface area contributed by atoms with Gasteiger partial charge in [0, 0.05) is 34.0 Å². The minimum absolute atomic E-state index is 0.158. The third kappa shape index (κ3) is 7.64. The van der Waals surface area contributed by atoms with Crippen LogP contribution >= 0.6 is 11.8 Å². The molecule has 34 heavy (non-hydrogen) atoms. The van der Waals surface area contributed by atoms with Gasteiger partial charge in [-0.05, 0) is 74.9 Å². The molecule has 0 atom stereocenters. The first-order chi connectivity index (χ1) is 16.1. The summed E-state index contributed by atoms with van der Waals surface area (Å²) in [6.45, 7) is 18.0. The number of allylic oxidation sites excluding steroid dienone is 1. The third-order valence-corrected chi connectivity index (χ3v) is 6.77. The Labute approximate surface area is 208 Å². The van der Waals surface area contributed by atoms with Gasteiger partial charge in [0.1, 0.15) is 5.82 Å². The Kier molecular flexibility index (Phi) is 10.7. The van der Waals surface area contributed by atoms with Crippen LogP contribution in [0.15, 0.2) is 43.0 Å². The standard InChI is InChI=1S/C23H24FNOS.C6H14O/c1-6-21(16-11-14(2)12-17(24)13-16)27-15(3)19-8-7-18-20(25-19)9-10-23(4,5)22(18)26;1-3-5-7-6-4-2/h6-8,11-13H,3,9-10H2,1-2,4-5H3;3-6H2,1-2H3/b21-6-;. The van der Waals surface area contributed by atoms with Crippen LogP contribution in [0.2, 0.25) is 0 Å². The Balaban J connectivity index is 0.000000509. The molecule has 0 bridgehead atoms. The molecule has 1 aromatic carbocycles. The molecule has 0 saturated heterocycles. The lowest BCUT2D eigenvalue weighted by atomic mass is 9.75. The highest BCUT2D eigenvalue weighted by Crippen LogP contribution is 2.39. The summed E-state index contributed by atoms with van der Waals surface area (Å²) in [5.41, 5.74) is 3.72. The minimum atomic E-state index is -0.324. The number of ketones is 1. The molecule has 0 unspecified atom stereocenters. The Morgan fingerprint density at radius 3 is 2.47 bits per heavy atom. The van der Waals surface area contributed by atoms with Gasteiger partial charge in [0.25, 0.3) is 0 Å². The number of aromatic nitrogens is 1. The maximum atomic E-state index is 13.8. The third-order valence-electron chi connectivity index (χ3n) is 5.62. The van der Waals surface area contributed by atoms with Crippen LogP contribution in [-0.4, -0.2) is 24.0 Å². The predicted octanol–water partition coefficient (Wildman–Crippen LogP) is 8.27. The van der Waals surface area contributed by atoms with Crippen LogP contribution in [0, 0.1) is 18.2 Å². The van der Waals surface area contributed by atoms with Gasteiger partial charge in [-0.3, -0.25) is 9.78 Å². The molecule has 0 spiro atoms. The molecule has 0 amide bonds. The molecular formula is C29H38FNO2S. The van der Waals surface area contributed by atoms with Crippen molar-refractivity contribution >= 4 is 27.4 Å². The number of benzene rings is 1. The molecule has 3 nitrogen and oxygen atoms in total. The summed E-state index contributed by atoms with van der Waals surface area (Å²) in [5.74, 6) is -0.0889. The number of nitrogens with zero attached hydrogens (tertiary/aromatic N) is 1. The first-order valence-corrected chi connectivity index (χ1v) is 12.9. The van der Waals surface area contributed by atoms with Crippen molar-refractivity contribution in [2.75, 3.05) is 13.2 Å². The van der Waals surface area contributed by atoms with E-state index in [4.69, 9.17) is 9.72 Å². The van der Waals surface area contributed by atoms with Crippen molar-refractivity contribution in [1.82, 2.24) is 4.98 Å². The second-order valence-corrected chi connectivity index (χ2v) is 10.3. The highest BCUT2D eigenvalue weighted by molar-refractivity contribution is 8.16. The summed E-state index contributed by atoms with van der Waals surface area (Å²) in [5, 5.41) is 0. The fourth-order valence-corrected chi connectivity index (χ4v) is 4.54. The molecule has 0 aliphatic heterocycles.